The molecule has 0 atom stereocenters. The first kappa shape index (κ1) is 9.62. The summed E-state index contributed by atoms with van der Waals surface area (Å²) in [6, 6.07) is 0. The van der Waals surface area contributed by atoms with Gasteiger partial charge in [-0.2, -0.15) is 0 Å². The molecule has 1 saturated carbocycles. The molecule has 0 radical (unpaired) electrons. The Morgan fingerprint density at radius 3 is 2.69 bits per heavy atom. The van der Waals surface area contributed by atoms with Crippen molar-refractivity contribution in [2.45, 2.75) is 38.1 Å². The van der Waals surface area contributed by atoms with Gasteiger partial charge in [0.2, 0.25) is 0 Å². The number of hydrogen-bond donors (Lipinski definition) is 1. The van der Waals surface area contributed by atoms with Crippen molar-refractivity contribution < 1.29 is 0 Å². The summed E-state index contributed by atoms with van der Waals surface area (Å²) in [5.41, 5.74) is 6.81. The number of halogens is 1. The van der Waals surface area contributed by atoms with Gasteiger partial charge in [-0.3, -0.25) is 0 Å². The summed E-state index contributed by atoms with van der Waals surface area (Å²) in [6.07, 6.45) is 5.30. The number of rotatable bonds is 2. The maximum atomic E-state index is 5.56. The van der Waals surface area contributed by atoms with Crippen molar-refractivity contribution in [2.24, 2.45) is 5.73 Å². The van der Waals surface area contributed by atoms with Crippen molar-refractivity contribution in [3.05, 3.63) is 14.5 Å². The molecule has 2 rings (SSSR count). The molecular weight excluding hydrogens is 248 g/mol. The zero-order chi connectivity index (χ0) is 9.26. The van der Waals surface area contributed by atoms with Gasteiger partial charge in [-0.25, -0.2) is 4.98 Å². The van der Waals surface area contributed by atoms with Crippen molar-refractivity contribution in [3.8, 4) is 0 Å². The van der Waals surface area contributed by atoms with Gasteiger partial charge in [0.1, 0.15) is 5.01 Å². The summed E-state index contributed by atoms with van der Waals surface area (Å²) in [4.78, 5) is 4.56. The summed E-state index contributed by atoms with van der Waals surface area (Å²) in [5.74, 6) is 0.686. The monoisotopic (exact) mass is 260 g/mol. The van der Waals surface area contributed by atoms with Gasteiger partial charge in [-0.1, -0.05) is 12.8 Å². The Morgan fingerprint density at radius 2 is 2.15 bits per heavy atom. The summed E-state index contributed by atoms with van der Waals surface area (Å²) in [5, 5.41) is 1.05. The van der Waals surface area contributed by atoms with Crippen LogP contribution < -0.4 is 5.73 Å². The van der Waals surface area contributed by atoms with Crippen LogP contribution in [0.2, 0.25) is 0 Å². The zero-order valence-corrected chi connectivity index (χ0v) is 9.83. The Kier molecular flexibility index (Phi) is 3.01. The third-order valence-corrected chi connectivity index (χ3v) is 4.34. The van der Waals surface area contributed by atoms with E-state index in [4.69, 9.17) is 5.73 Å². The fraction of sp³-hybridized carbons (Fsp3) is 0.667. The smallest absolute Gasteiger partial charge is 0.108 e. The van der Waals surface area contributed by atoms with E-state index in [2.05, 4.69) is 20.9 Å². The van der Waals surface area contributed by atoms with E-state index >= 15 is 0 Å². The van der Waals surface area contributed by atoms with E-state index in [0.717, 1.165) is 5.01 Å². The number of hydrogen-bond acceptors (Lipinski definition) is 3. The lowest BCUT2D eigenvalue weighted by Gasteiger charge is -2.04. The maximum absolute atomic E-state index is 5.56. The summed E-state index contributed by atoms with van der Waals surface area (Å²) in [7, 11) is 0. The highest BCUT2D eigenvalue weighted by atomic mass is 79.9. The van der Waals surface area contributed by atoms with Crippen LogP contribution in [0.5, 0.6) is 0 Å². The lowest BCUT2D eigenvalue weighted by atomic mass is 10.1. The number of nitrogens with zero attached hydrogens (tertiary/aromatic N) is 1. The Labute approximate surface area is 90.7 Å². The Morgan fingerprint density at radius 1 is 1.46 bits per heavy atom. The highest BCUT2D eigenvalue weighted by Crippen LogP contribution is 2.39. The van der Waals surface area contributed by atoms with Crippen LogP contribution in [0.25, 0.3) is 0 Å². The molecule has 13 heavy (non-hydrogen) atoms. The molecule has 0 aliphatic heterocycles. The highest BCUT2D eigenvalue weighted by Gasteiger charge is 2.22. The van der Waals surface area contributed by atoms with Crippen LogP contribution in [0.1, 0.15) is 42.3 Å². The van der Waals surface area contributed by atoms with Gasteiger partial charge >= 0.3 is 0 Å². The average Bonchev–Trinajstić information content (AvgIpc) is 2.72. The molecule has 4 heteroatoms. The molecule has 2 N–H and O–H groups in total. The second-order valence-corrected chi connectivity index (χ2v) is 5.85. The molecule has 1 fully saturated rings. The zero-order valence-electron chi connectivity index (χ0n) is 7.42. The standard InChI is InChI=1S/C9H13BrN2S/c10-9-8(6-3-1-2-4-6)12-7(5-11)13-9/h6H,1-5,11H2. The number of aromatic nitrogens is 1. The highest BCUT2D eigenvalue weighted by molar-refractivity contribution is 9.11. The van der Waals surface area contributed by atoms with Gasteiger partial charge in [0.25, 0.3) is 0 Å². The average molecular weight is 261 g/mol. The quantitative estimate of drug-likeness (QED) is 0.888. The Bertz CT molecular complexity index is 292. The third kappa shape index (κ3) is 1.95. The largest absolute Gasteiger partial charge is 0.325 e. The van der Waals surface area contributed by atoms with Gasteiger partial charge in [-0.15, -0.1) is 11.3 Å². The van der Waals surface area contributed by atoms with E-state index in [1.807, 2.05) is 0 Å². The van der Waals surface area contributed by atoms with Crippen LogP contribution in [0.4, 0.5) is 0 Å². The molecule has 0 bridgehead atoms. The van der Waals surface area contributed by atoms with E-state index in [1.54, 1.807) is 11.3 Å². The minimum Gasteiger partial charge on any atom is -0.325 e. The van der Waals surface area contributed by atoms with Gasteiger partial charge in [0.05, 0.1) is 9.48 Å². The van der Waals surface area contributed by atoms with E-state index < -0.39 is 0 Å². The molecule has 72 valence electrons. The molecule has 0 amide bonds. The van der Waals surface area contributed by atoms with Crippen LogP contribution >= 0.6 is 27.3 Å². The minimum atomic E-state index is 0.565. The minimum absolute atomic E-state index is 0.565. The lowest BCUT2D eigenvalue weighted by Crippen LogP contribution is -1.98. The van der Waals surface area contributed by atoms with E-state index in [1.165, 1.54) is 35.2 Å². The van der Waals surface area contributed by atoms with Gasteiger partial charge in [-0.05, 0) is 28.8 Å². The van der Waals surface area contributed by atoms with Crippen molar-refractivity contribution in [3.63, 3.8) is 0 Å². The first-order valence-corrected chi connectivity index (χ1v) is 6.27. The molecule has 0 saturated heterocycles. The second kappa shape index (κ2) is 4.07. The lowest BCUT2D eigenvalue weighted by molar-refractivity contribution is 0.696. The molecule has 1 aliphatic rings. The number of nitrogens with two attached hydrogens (primary N) is 1. The molecule has 1 aromatic rings. The van der Waals surface area contributed by atoms with Gasteiger partial charge < -0.3 is 5.73 Å². The fourth-order valence-corrected chi connectivity index (χ4v) is 3.62. The summed E-state index contributed by atoms with van der Waals surface area (Å²) >= 11 is 5.25. The molecule has 0 aromatic carbocycles. The van der Waals surface area contributed by atoms with Crippen LogP contribution in [-0.4, -0.2) is 4.98 Å². The molecule has 1 heterocycles. The first-order chi connectivity index (χ1) is 6.31. The van der Waals surface area contributed by atoms with Gasteiger partial charge in [0.15, 0.2) is 0 Å². The predicted molar refractivity (Wildman–Crippen MR) is 58.9 cm³/mol. The second-order valence-electron chi connectivity index (χ2n) is 3.45. The predicted octanol–water partition coefficient (Wildman–Crippen LogP) is 3.02. The van der Waals surface area contributed by atoms with Crippen molar-refractivity contribution in [2.75, 3.05) is 0 Å². The molecule has 0 unspecified atom stereocenters. The summed E-state index contributed by atoms with van der Waals surface area (Å²) < 4.78 is 1.19. The number of thiazole rings is 1. The molecular formula is C9H13BrN2S. The van der Waals surface area contributed by atoms with Crippen LogP contribution in [-0.2, 0) is 6.54 Å². The summed E-state index contributed by atoms with van der Waals surface area (Å²) in [6.45, 7) is 0.565. The van der Waals surface area contributed by atoms with Crippen LogP contribution in [0, 0.1) is 0 Å². The third-order valence-electron chi connectivity index (χ3n) is 2.57. The van der Waals surface area contributed by atoms with E-state index in [9.17, 15) is 0 Å². The van der Waals surface area contributed by atoms with E-state index in [-0.39, 0.29) is 0 Å². The van der Waals surface area contributed by atoms with Crippen molar-refractivity contribution >= 4 is 27.3 Å². The fourth-order valence-electron chi connectivity index (χ4n) is 1.90. The SMILES string of the molecule is NCc1nc(C2CCCC2)c(Br)s1. The van der Waals surface area contributed by atoms with Gasteiger partial charge in [0, 0.05) is 12.5 Å². The first-order valence-electron chi connectivity index (χ1n) is 4.66. The molecule has 0 spiro atoms. The van der Waals surface area contributed by atoms with Crippen LogP contribution in [0.15, 0.2) is 3.79 Å². The van der Waals surface area contributed by atoms with Crippen molar-refractivity contribution in [1.82, 2.24) is 4.98 Å². The maximum Gasteiger partial charge on any atom is 0.108 e. The van der Waals surface area contributed by atoms with Crippen molar-refractivity contribution in [1.29, 1.82) is 0 Å². The topological polar surface area (TPSA) is 38.9 Å². The molecule has 1 aromatic heterocycles. The Balaban J connectivity index is 2.22. The van der Waals surface area contributed by atoms with Crippen LogP contribution in [0.3, 0.4) is 0 Å². The molecule has 2 nitrogen and oxygen atoms in total. The molecule has 1 aliphatic carbocycles. The Hall–Kier alpha value is 0.0700. The van der Waals surface area contributed by atoms with E-state index in [0.29, 0.717) is 12.5 Å². The normalized spacial score (nSPS) is 18.3.